The molecule has 44 heavy (non-hydrogen) atoms. The summed E-state index contributed by atoms with van der Waals surface area (Å²) < 4.78 is 36.3. The maximum atomic E-state index is 13.7. The minimum atomic E-state index is -4.08. The number of ether oxygens (including phenoxy) is 1. The SMILES string of the molecule is CC(CNC(=O)OC(C)(C)C)C(=O)Nc1cccc(S(=O)(=O)NC(Cc2cccc(C(=N)N)c2)c2nc3ccccc3s2)c1. The number of thiazole rings is 1. The highest BCUT2D eigenvalue weighted by molar-refractivity contribution is 7.89. The van der Waals surface area contributed by atoms with Crippen LogP contribution in [0.2, 0.25) is 0 Å². The van der Waals surface area contributed by atoms with Crippen LogP contribution in [-0.2, 0) is 26.0 Å². The highest BCUT2D eigenvalue weighted by Crippen LogP contribution is 2.30. The van der Waals surface area contributed by atoms with Gasteiger partial charge in [0.2, 0.25) is 15.9 Å². The molecule has 0 saturated heterocycles. The summed E-state index contributed by atoms with van der Waals surface area (Å²) in [5.41, 5.74) is 7.37. The van der Waals surface area contributed by atoms with Gasteiger partial charge in [0.1, 0.15) is 16.4 Å². The third-order valence-corrected chi connectivity index (χ3v) is 9.01. The van der Waals surface area contributed by atoms with E-state index in [2.05, 4.69) is 15.4 Å². The van der Waals surface area contributed by atoms with Crippen LogP contribution in [0, 0.1) is 11.3 Å². The zero-order valence-electron chi connectivity index (χ0n) is 24.9. The number of alkyl carbamates (subject to hydrolysis) is 1. The molecule has 1 aromatic heterocycles. The molecule has 13 heteroatoms. The van der Waals surface area contributed by atoms with Crippen LogP contribution in [0.1, 0.15) is 49.9 Å². The number of nitrogens with zero attached hydrogens (tertiary/aromatic N) is 1. The van der Waals surface area contributed by atoms with Gasteiger partial charge < -0.3 is 21.1 Å². The molecule has 0 aliphatic heterocycles. The van der Waals surface area contributed by atoms with Gasteiger partial charge in [-0.1, -0.05) is 43.3 Å². The van der Waals surface area contributed by atoms with E-state index >= 15 is 0 Å². The third kappa shape index (κ3) is 8.85. The Morgan fingerprint density at radius 3 is 2.48 bits per heavy atom. The maximum Gasteiger partial charge on any atom is 0.407 e. The zero-order valence-corrected chi connectivity index (χ0v) is 26.5. The Morgan fingerprint density at radius 1 is 1.05 bits per heavy atom. The molecule has 2 unspecified atom stereocenters. The molecule has 0 bridgehead atoms. The van der Waals surface area contributed by atoms with Gasteiger partial charge in [0, 0.05) is 17.8 Å². The van der Waals surface area contributed by atoms with Gasteiger partial charge in [-0.15, -0.1) is 11.3 Å². The lowest BCUT2D eigenvalue weighted by atomic mass is 10.0. The molecule has 0 radical (unpaired) electrons. The molecule has 11 nitrogen and oxygen atoms in total. The molecule has 4 aromatic rings. The Labute approximate surface area is 260 Å². The third-order valence-electron chi connectivity index (χ3n) is 6.39. The number of nitrogens with two attached hydrogens (primary N) is 1. The number of benzene rings is 3. The van der Waals surface area contributed by atoms with Gasteiger partial charge in [-0.05, 0) is 69.2 Å². The lowest BCUT2D eigenvalue weighted by Gasteiger charge is -2.20. The van der Waals surface area contributed by atoms with E-state index in [1.807, 2.05) is 30.3 Å². The van der Waals surface area contributed by atoms with Crippen molar-refractivity contribution in [2.75, 3.05) is 11.9 Å². The summed E-state index contributed by atoms with van der Waals surface area (Å²) in [5.74, 6) is -1.10. The van der Waals surface area contributed by atoms with Crippen LogP contribution in [0.5, 0.6) is 0 Å². The predicted molar refractivity (Wildman–Crippen MR) is 172 cm³/mol. The average molecular weight is 637 g/mol. The number of amidine groups is 1. The van der Waals surface area contributed by atoms with Crippen LogP contribution in [0.25, 0.3) is 10.2 Å². The first-order chi connectivity index (χ1) is 20.7. The molecule has 1 heterocycles. The second-order valence-corrected chi connectivity index (χ2v) is 14.1. The summed E-state index contributed by atoms with van der Waals surface area (Å²) >= 11 is 1.39. The molecule has 232 valence electrons. The number of amides is 2. The number of carbonyl (C=O) groups excluding carboxylic acids is 2. The van der Waals surface area contributed by atoms with Crippen molar-refractivity contribution >= 4 is 55.1 Å². The number of aromatic nitrogens is 1. The topological polar surface area (TPSA) is 176 Å². The van der Waals surface area contributed by atoms with E-state index < -0.39 is 39.6 Å². The van der Waals surface area contributed by atoms with E-state index in [0.717, 1.165) is 15.8 Å². The molecule has 0 aliphatic rings. The Hall–Kier alpha value is -4.33. The molecule has 3 aromatic carbocycles. The van der Waals surface area contributed by atoms with Crippen LogP contribution >= 0.6 is 11.3 Å². The summed E-state index contributed by atoms with van der Waals surface area (Å²) in [4.78, 5) is 29.4. The summed E-state index contributed by atoms with van der Waals surface area (Å²) in [7, 11) is -4.08. The van der Waals surface area contributed by atoms with Crippen LogP contribution in [0.15, 0.2) is 77.7 Å². The van der Waals surface area contributed by atoms with Gasteiger partial charge in [0.25, 0.3) is 0 Å². The van der Waals surface area contributed by atoms with Crippen molar-refractivity contribution in [1.29, 1.82) is 5.41 Å². The Bertz CT molecular complexity index is 1750. The molecule has 0 saturated carbocycles. The van der Waals surface area contributed by atoms with Gasteiger partial charge in [-0.25, -0.2) is 22.9 Å². The van der Waals surface area contributed by atoms with Crippen LogP contribution in [0.3, 0.4) is 0 Å². The summed E-state index contributed by atoms with van der Waals surface area (Å²) in [6, 6.07) is 19.9. The van der Waals surface area contributed by atoms with Gasteiger partial charge in [0.15, 0.2) is 0 Å². The van der Waals surface area contributed by atoms with Crippen molar-refractivity contribution in [2.24, 2.45) is 11.7 Å². The zero-order chi connectivity index (χ0) is 32.1. The minimum absolute atomic E-state index is 0.0367. The maximum absolute atomic E-state index is 13.7. The number of anilines is 1. The molecule has 4 rings (SSSR count). The number of para-hydroxylation sites is 1. The van der Waals surface area contributed by atoms with Crippen LogP contribution in [0.4, 0.5) is 10.5 Å². The van der Waals surface area contributed by atoms with Crippen molar-refractivity contribution < 1.29 is 22.7 Å². The van der Waals surface area contributed by atoms with Crippen molar-refractivity contribution in [2.45, 2.75) is 50.7 Å². The Balaban J connectivity index is 1.53. The monoisotopic (exact) mass is 636 g/mol. The molecular formula is C31H36N6O5S2. The number of nitrogen functional groups attached to an aromatic ring is 1. The van der Waals surface area contributed by atoms with Gasteiger partial charge in [-0.2, -0.15) is 0 Å². The highest BCUT2D eigenvalue weighted by Gasteiger charge is 2.26. The smallest absolute Gasteiger partial charge is 0.407 e. The fraction of sp³-hybridized carbons (Fsp3) is 0.290. The number of fused-ring (bicyclic) bond motifs is 1. The number of rotatable bonds is 11. The van der Waals surface area contributed by atoms with Crippen LogP contribution < -0.4 is 21.1 Å². The minimum Gasteiger partial charge on any atom is -0.444 e. The number of hydrogen-bond donors (Lipinski definition) is 5. The normalized spacial score (nSPS) is 13.2. The van der Waals surface area contributed by atoms with Crippen LogP contribution in [-0.4, -0.2) is 43.4 Å². The van der Waals surface area contributed by atoms with Crippen molar-refractivity contribution in [3.63, 3.8) is 0 Å². The number of nitrogens with one attached hydrogen (secondary N) is 4. The molecule has 2 atom stereocenters. The molecule has 6 N–H and O–H groups in total. The quantitative estimate of drug-likeness (QED) is 0.114. The molecular weight excluding hydrogens is 601 g/mol. The lowest BCUT2D eigenvalue weighted by Crippen LogP contribution is -2.37. The first-order valence-corrected chi connectivity index (χ1v) is 16.2. The molecule has 0 fully saturated rings. The Kier molecular flexibility index (Phi) is 10.0. The second-order valence-electron chi connectivity index (χ2n) is 11.3. The van der Waals surface area contributed by atoms with E-state index in [1.165, 1.54) is 29.5 Å². The van der Waals surface area contributed by atoms with Crippen molar-refractivity contribution in [3.05, 3.63) is 88.9 Å². The first kappa shape index (κ1) is 32.6. The average Bonchev–Trinajstić information content (AvgIpc) is 3.39. The van der Waals surface area contributed by atoms with Gasteiger partial charge >= 0.3 is 6.09 Å². The fourth-order valence-corrected chi connectivity index (χ4v) is 6.56. The first-order valence-electron chi connectivity index (χ1n) is 13.9. The predicted octanol–water partition coefficient (Wildman–Crippen LogP) is 4.94. The van der Waals surface area contributed by atoms with Crippen molar-refractivity contribution in [3.8, 4) is 0 Å². The summed E-state index contributed by atoms with van der Waals surface area (Å²) in [6.45, 7) is 6.90. The van der Waals surface area contributed by atoms with E-state index in [1.54, 1.807) is 52.0 Å². The van der Waals surface area contributed by atoms with E-state index in [-0.39, 0.29) is 29.4 Å². The van der Waals surface area contributed by atoms with E-state index in [0.29, 0.717) is 10.6 Å². The molecule has 0 spiro atoms. The second kappa shape index (κ2) is 13.5. The summed E-state index contributed by atoms with van der Waals surface area (Å²) in [5, 5.41) is 13.6. The lowest BCUT2D eigenvalue weighted by molar-refractivity contribution is -0.119. The number of sulfonamides is 1. The van der Waals surface area contributed by atoms with Crippen molar-refractivity contribution in [1.82, 2.24) is 15.0 Å². The fourth-order valence-electron chi connectivity index (χ4n) is 4.23. The largest absolute Gasteiger partial charge is 0.444 e. The van der Waals surface area contributed by atoms with Gasteiger partial charge in [-0.3, -0.25) is 10.2 Å². The summed E-state index contributed by atoms with van der Waals surface area (Å²) in [6.07, 6.45) is -0.370. The molecule has 2 amide bonds. The van der Waals surface area contributed by atoms with E-state index in [4.69, 9.17) is 20.9 Å². The van der Waals surface area contributed by atoms with E-state index in [9.17, 15) is 18.0 Å². The highest BCUT2D eigenvalue weighted by atomic mass is 32.2. The number of carbonyl (C=O) groups is 2. The number of hydrogen-bond acceptors (Lipinski definition) is 8. The standard InChI is InChI=1S/C31H36N6O5S2/c1-19(18-34-30(39)42-31(2,3)4)28(38)35-22-11-8-12-23(17-22)44(40,41)37-25(16-20-9-7-10-21(15-20)27(32)33)29-36-24-13-5-6-14-26(24)43-29/h5-15,17,19,25,37H,16,18H2,1-4H3,(H3,32,33)(H,34,39)(H,35,38). The van der Waals surface area contributed by atoms with Gasteiger partial charge in [0.05, 0.1) is 27.1 Å². The molecule has 0 aliphatic carbocycles. The Morgan fingerprint density at radius 2 is 1.77 bits per heavy atom.